The highest BCUT2D eigenvalue weighted by molar-refractivity contribution is 7.91. The van der Waals surface area contributed by atoms with E-state index in [0.29, 0.717) is 10.8 Å². The lowest BCUT2D eigenvalue weighted by Gasteiger charge is -2.34. The molecule has 2 heterocycles. The minimum absolute atomic E-state index is 0.119. The number of nitrogens with one attached hydrogen (secondary N) is 1. The van der Waals surface area contributed by atoms with Crippen LogP contribution in [0.4, 0.5) is 0 Å². The number of thiazole rings is 1. The molecular formula is C12H21N3O2S2. The first-order chi connectivity index (χ1) is 9.05. The van der Waals surface area contributed by atoms with Crippen molar-refractivity contribution in [2.45, 2.75) is 42.9 Å². The molecule has 1 N–H and O–H groups in total. The molecule has 0 amide bonds. The van der Waals surface area contributed by atoms with E-state index in [4.69, 9.17) is 0 Å². The summed E-state index contributed by atoms with van der Waals surface area (Å²) in [5.74, 6) is 0. The Labute approximate surface area is 119 Å². The van der Waals surface area contributed by atoms with Gasteiger partial charge in [0.15, 0.2) is 4.21 Å². The number of hydrogen-bond donors (Lipinski definition) is 1. The van der Waals surface area contributed by atoms with Crippen molar-refractivity contribution in [2.75, 3.05) is 20.1 Å². The van der Waals surface area contributed by atoms with E-state index in [9.17, 15) is 8.42 Å². The fourth-order valence-corrected chi connectivity index (χ4v) is 5.43. The highest BCUT2D eigenvalue weighted by Gasteiger charge is 2.34. The summed E-state index contributed by atoms with van der Waals surface area (Å²) in [6.45, 7) is 3.31. The van der Waals surface area contributed by atoms with Crippen LogP contribution in [0, 0.1) is 6.92 Å². The van der Waals surface area contributed by atoms with Gasteiger partial charge in [-0.05, 0) is 39.8 Å². The van der Waals surface area contributed by atoms with Crippen LogP contribution in [0.5, 0.6) is 0 Å². The van der Waals surface area contributed by atoms with Gasteiger partial charge in [-0.15, -0.1) is 11.3 Å². The molecule has 1 fully saturated rings. The van der Waals surface area contributed by atoms with Crippen molar-refractivity contribution in [2.24, 2.45) is 0 Å². The standard InChI is InChI=1S/C12H21N3O2S2/c1-10-14-9-12(18-10)19(16,17)15-8-4-3-5-11(15)6-7-13-2/h9,11,13H,3-8H2,1-2H3. The first kappa shape index (κ1) is 14.9. The van der Waals surface area contributed by atoms with E-state index in [0.717, 1.165) is 37.2 Å². The van der Waals surface area contributed by atoms with Gasteiger partial charge in [0, 0.05) is 12.6 Å². The van der Waals surface area contributed by atoms with Crippen molar-refractivity contribution >= 4 is 21.4 Å². The van der Waals surface area contributed by atoms with Crippen LogP contribution in [0.3, 0.4) is 0 Å². The van der Waals surface area contributed by atoms with Crippen LogP contribution >= 0.6 is 11.3 Å². The molecule has 0 aromatic carbocycles. The van der Waals surface area contributed by atoms with E-state index in [2.05, 4.69) is 10.3 Å². The summed E-state index contributed by atoms with van der Waals surface area (Å²) in [6, 6.07) is 0.119. The Kier molecular flexibility index (Phi) is 4.94. The number of hydrogen-bond acceptors (Lipinski definition) is 5. The number of aromatic nitrogens is 1. The Bertz CT molecular complexity index is 513. The molecule has 7 heteroatoms. The molecule has 1 aliphatic heterocycles. The van der Waals surface area contributed by atoms with Crippen molar-refractivity contribution < 1.29 is 8.42 Å². The second kappa shape index (κ2) is 6.30. The molecule has 0 bridgehead atoms. The number of nitrogens with zero attached hydrogens (tertiary/aromatic N) is 2. The van der Waals surface area contributed by atoms with Crippen LogP contribution in [0.25, 0.3) is 0 Å². The third-order valence-electron chi connectivity index (χ3n) is 3.46. The molecule has 0 spiro atoms. The highest BCUT2D eigenvalue weighted by Crippen LogP contribution is 2.29. The van der Waals surface area contributed by atoms with Crippen LogP contribution in [0.15, 0.2) is 10.4 Å². The van der Waals surface area contributed by atoms with E-state index >= 15 is 0 Å². The second-order valence-electron chi connectivity index (χ2n) is 4.86. The molecule has 0 radical (unpaired) electrons. The van der Waals surface area contributed by atoms with Crippen LogP contribution in [-0.2, 0) is 10.0 Å². The molecular weight excluding hydrogens is 282 g/mol. The topological polar surface area (TPSA) is 62.3 Å². The summed E-state index contributed by atoms with van der Waals surface area (Å²) >= 11 is 1.26. The molecule has 1 aromatic rings. The SMILES string of the molecule is CNCCC1CCCCN1S(=O)(=O)c1cnc(C)s1. The predicted octanol–water partition coefficient (Wildman–Crippen LogP) is 1.60. The molecule has 1 unspecified atom stereocenters. The van der Waals surface area contributed by atoms with Crippen LogP contribution in [0.1, 0.15) is 30.7 Å². The molecule has 108 valence electrons. The van der Waals surface area contributed by atoms with E-state index in [-0.39, 0.29) is 6.04 Å². The van der Waals surface area contributed by atoms with Gasteiger partial charge in [0.1, 0.15) is 0 Å². The smallest absolute Gasteiger partial charge is 0.254 e. The molecule has 1 aliphatic rings. The van der Waals surface area contributed by atoms with Crippen LogP contribution < -0.4 is 5.32 Å². The lowest BCUT2D eigenvalue weighted by atomic mass is 10.0. The summed E-state index contributed by atoms with van der Waals surface area (Å²) in [4.78, 5) is 4.07. The molecule has 0 saturated carbocycles. The zero-order chi connectivity index (χ0) is 13.9. The van der Waals surface area contributed by atoms with Crippen LogP contribution in [0.2, 0.25) is 0 Å². The van der Waals surface area contributed by atoms with Crippen molar-refractivity contribution in [3.63, 3.8) is 0 Å². The number of aryl methyl sites for hydroxylation is 1. The van der Waals surface area contributed by atoms with Gasteiger partial charge in [-0.25, -0.2) is 13.4 Å². The molecule has 2 rings (SSSR count). The monoisotopic (exact) mass is 303 g/mol. The maximum absolute atomic E-state index is 12.7. The maximum atomic E-state index is 12.7. The second-order valence-corrected chi connectivity index (χ2v) is 8.21. The van der Waals surface area contributed by atoms with Gasteiger partial charge in [-0.3, -0.25) is 0 Å². The first-order valence-electron chi connectivity index (χ1n) is 6.64. The Balaban J connectivity index is 2.21. The number of sulfonamides is 1. The number of piperidine rings is 1. The van der Waals surface area contributed by atoms with E-state index in [1.807, 2.05) is 14.0 Å². The Morgan fingerprint density at radius 1 is 1.53 bits per heavy atom. The summed E-state index contributed by atoms with van der Waals surface area (Å²) in [5.41, 5.74) is 0. The third-order valence-corrected chi connectivity index (χ3v) is 6.77. The van der Waals surface area contributed by atoms with Crippen molar-refractivity contribution in [3.8, 4) is 0 Å². The molecule has 5 nitrogen and oxygen atoms in total. The fourth-order valence-electron chi connectivity index (χ4n) is 2.47. The van der Waals surface area contributed by atoms with Crippen molar-refractivity contribution in [1.29, 1.82) is 0 Å². The third kappa shape index (κ3) is 3.34. The molecule has 1 aromatic heterocycles. The van der Waals surface area contributed by atoms with E-state index in [1.54, 1.807) is 4.31 Å². The summed E-state index contributed by atoms with van der Waals surface area (Å²) < 4.78 is 27.4. The van der Waals surface area contributed by atoms with Crippen molar-refractivity contribution in [1.82, 2.24) is 14.6 Å². The van der Waals surface area contributed by atoms with Gasteiger partial charge in [-0.2, -0.15) is 4.31 Å². The van der Waals surface area contributed by atoms with Crippen LogP contribution in [-0.4, -0.2) is 43.9 Å². The minimum Gasteiger partial charge on any atom is -0.320 e. The normalized spacial score (nSPS) is 21.7. The van der Waals surface area contributed by atoms with Gasteiger partial charge in [-0.1, -0.05) is 6.42 Å². The Hall–Kier alpha value is -0.500. The molecule has 1 saturated heterocycles. The van der Waals surface area contributed by atoms with Gasteiger partial charge in [0.25, 0.3) is 10.0 Å². The zero-order valence-corrected chi connectivity index (χ0v) is 13.1. The van der Waals surface area contributed by atoms with Gasteiger partial charge < -0.3 is 5.32 Å². The average Bonchev–Trinajstić information content (AvgIpc) is 2.84. The number of rotatable bonds is 5. The van der Waals surface area contributed by atoms with Gasteiger partial charge in [0.05, 0.1) is 11.2 Å². The highest BCUT2D eigenvalue weighted by atomic mass is 32.2. The largest absolute Gasteiger partial charge is 0.320 e. The first-order valence-corrected chi connectivity index (χ1v) is 8.90. The molecule has 19 heavy (non-hydrogen) atoms. The van der Waals surface area contributed by atoms with E-state index < -0.39 is 10.0 Å². The Morgan fingerprint density at radius 3 is 2.95 bits per heavy atom. The van der Waals surface area contributed by atoms with Crippen molar-refractivity contribution in [3.05, 3.63) is 11.2 Å². The zero-order valence-electron chi connectivity index (χ0n) is 11.4. The minimum atomic E-state index is -3.36. The lowest BCUT2D eigenvalue weighted by Crippen LogP contribution is -2.44. The van der Waals surface area contributed by atoms with E-state index in [1.165, 1.54) is 17.5 Å². The average molecular weight is 303 g/mol. The summed E-state index contributed by atoms with van der Waals surface area (Å²) in [6.07, 6.45) is 5.38. The predicted molar refractivity (Wildman–Crippen MR) is 76.9 cm³/mol. The Morgan fingerprint density at radius 2 is 2.32 bits per heavy atom. The summed E-state index contributed by atoms with van der Waals surface area (Å²) in [7, 11) is -1.46. The maximum Gasteiger partial charge on any atom is 0.254 e. The molecule has 1 atom stereocenters. The fraction of sp³-hybridized carbons (Fsp3) is 0.750. The molecule has 0 aliphatic carbocycles. The summed E-state index contributed by atoms with van der Waals surface area (Å²) in [5, 5.41) is 3.89. The van der Waals surface area contributed by atoms with Gasteiger partial charge in [0.2, 0.25) is 0 Å². The van der Waals surface area contributed by atoms with Gasteiger partial charge >= 0.3 is 0 Å². The lowest BCUT2D eigenvalue weighted by molar-refractivity contribution is 0.241. The quantitative estimate of drug-likeness (QED) is 0.897.